The number of hydrogen-bond acceptors (Lipinski definition) is 4. The summed E-state index contributed by atoms with van der Waals surface area (Å²) in [6, 6.07) is 9.77. The van der Waals surface area contributed by atoms with Crippen LogP contribution < -0.4 is 15.4 Å². The van der Waals surface area contributed by atoms with E-state index >= 15 is 0 Å². The fraction of sp³-hybridized carbons (Fsp3) is 0.421. The Bertz CT molecular complexity index is 677. The molecule has 1 atom stereocenters. The number of nitrogens with zero attached hydrogens (tertiary/aromatic N) is 1. The van der Waals surface area contributed by atoms with Crippen molar-refractivity contribution in [1.29, 1.82) is 0 Å². The molecule has 0 aliphatic carbocycles. The van der Waals surface area contributed by atoms with Crippen LogP contribution in [0.3, 0.4) is 0 Å². The maximum absolute atomic E-state index is 10.1. The third kappa shape index (κ3) is 6.68. The Hall–Kier alpha value is -1.48. The summed E-state index contributed by atoms with van der Waals surface area (Å²) < 4.78 is 5.15. The van der Waals surface area contributed by atoms with Crippen molar-refractivity contribution in [1.82, 2.24) is 10.6 Å². The van der Waals surface area contributed by atoms with Gasteiger partial charge < -0.3 is 20.5 Å². The molecule has 5 nitrogen and oxygen atoms in total. The summed E-state index contributed by atoms with van der Waals surface area (Å²) in [5.74, 6) is 1.91. The zero-order valence-corrected chi connectivity index (χ0v) is 18.6. The van der Waals surface area contributed by atoms with Crippen molar-refractivity contribution in [2.75, 3.05) is 26.7 Å². The average molecular weight is 489 g/mol. The monoisotopic (exact) mass is 489 g/mol. The molecule has 0 amide bonds. The zero-order chi connectivity index (χ0) is 18.1. The topological polar surface area (TPSA) is 65.9 Å². The van der Waals surface area contributed by atoms with E-state index in [0.717, 1.165) is 24.6 Å². The molecule has 3 N–H and O–H groups in total. The molecule has 1 unspecified atom stereocenters. The van der Waals surface area contributed by atoms with Crippen molar-refractivity contribution in [3.63, 3.8) is 0 Å². The number of nitrogens with one attached hydrogen (secondary N) is 2. The van der Waals surface area contributed by atoms with Crippen LogP contribution in [0.2, 0.25) is 0 Å². The first-order valence-corrected chi connectivity index (χ1v) is 9.44. The largest absolute Gasteiger partial charge is 0.504 e. The minimum absolute atomic E-state index is 0. The first-order valence-electron chi connectivity index (χ1n) is 8.56. The second-order valence-corrected chi connectivity index (χ2v) is 6.76. The summed E-state index contributed by atoms with van der Waals surface area (Å²) in [5, 5.41) is 18.8. The minimum Gasteiger partial charge on any atom is -0.504 e. The highest BCUT2D eigenvalue weighted by Crippen LogP contribution is 2.29. The molecule has 1 heterocycles. The average Bonchev–Trinajstić information content (AvgIpc) is 3.15. The lowest BCUT2D eigenvalue weighted by molar-refractivity contribution is 0.370. The van der Waals surface area contributed by atoms with Gasteiger partial charge in [0.2, 0.25) is 0 Å². The van der Waals surface area contributed by atoms with Gasteiger partial charge in [0.15, 0.2) is 17.5 Å². The fourth-order valence-corrected chi connectivity index (χ4v) is 3.26. The SMILES string of the molecule is CCNC(=NCC(C)c1cccs1)NCCc1cccc(OC)c1O.I. The molecular formula is C19H28IN3O2S. The number of hydrogen-bond donors (Lipinski definition) is 3. The van der Waals surface area contributed by atoms with Gasteiger partial charge in [-0.05, 0) is 36.4 Å². The van der Waals surface area contributed by atoms with Crippen LogP contribution in [0.15, 0.2) is 40.7 Å². The van der Waals surface area contributed by atoms with E-state index in [4.69, 9.17) is 4.74 Å². The van der Waals surface area contributed by atoms with Crippen molar-refractivity contribution in [2.24, 2.45) is 4.99 Å². The molecule has 0 aliphatic rings. The highest BCUT2D eigenvalue weighted by molar-refractivity contribution is 14.0. The summed E-state index contributed by atoms with van der Waals surface area (Å²) in [4.78, 5) is 6.02. The summed E-state index contributed by atoms with van der Waals surface area (Å²) in [5.41, 5.74) is 0.856. The summed E-state index contributed by atoms with van der Waals surface area (Å²) in [6.45, 7) is 6.46. The Balaban J connectivity index is 0.00000338. The van der Waals surface area contributed by atoms with Crippen molar-refractivity contribution < 1.29 is 9.84 Å². The van der Waals surface area contributed by atoms with Gasteiger partial charge in [0.05, 0.1) is 13.7 Å². The molecule has 0 saturated carbocycles. The number of aliphatic imine (C=N–C) groups is 1. The Morgan fingerprint density at radius 1 is 1.27 bits per heavy atom. The number of para-hydroxylation sites is 1. The number of halogens is 1. The molecule has 0 spiro atoms. The molecule has 1 aromatic carbocycles. The minimum atomic E-state index is 0. The van der Waals surface area contributed by atoms with Crippen LogP contribution in [-0.2, 0) is 6.42 Å². The van der Waals surface area contributed by atoms with E-state index in [2.05, 4.69) is 40.1 Å². The predicted octanol–water partition coefficient (Wildman–Crippen LogP) is 3.98. The van der Waals surface area contributed by atoms with Gasteiger partial charge in [-0.1, -0.05) is 25.1 Å². The molecular weight excluding hydrogens is 461 g/mol. The van der Waals surface area contributed by atoms with E-state index in [1.165, 1.54) is 4.88 Å². The van der Waals surface area contributed by atoms with Gasteiger partial charge in [0, 0.05) is 23.9 Å². The van der Waals surface area contributed by atoms with E-state index in [-0.39, 0.29) is 29.7 Å². The molecule has 0 aliphatic heterocycles. The lowest BCUT2D eigenvalue weighted by Crippen LogP contribution is -2.38. The third-order valence-corrected chi connectivity index (χ3v) is 4.99. The quantitative estimate of drug-likeness (QED) is 0.298. The van der Waals surface area contributed by atoms with Crippen LogP contribution in [0, 0.1) is 0 Å². The number of ether oxygens (including phenoxy) is 1. The van der Waals surface area contributed by atoms with Crippen molar-refractivity contribution >= 4 is 41.3 Å². The molecule has 0 bridgehead atoms. The van der Waals surface area contributed by atoms with Crippen LogP contribution >= 0.6 is 35.3 Å². The van der Waals surface area contributed by atoms with Gasteiger partial charge >= 0.3 is 0 Å². The zero-order valence-electron chi connectivity index (χ0n) is 15.5. The highest BCUT2D eigenvalue weighted by Gasteiger charge is 2.08. The molecule has 2 rings (SSSR count). The maximum atomic E-state index is 10.1. The number of methoxy groups -OCH3 is 1. The Kier molecular flexibility index (Phi) is 10.4. The molecule has 1 aromatic heterocycles. The standard InChI is InChI=1S/C19H27N3O2S.HI/c1-4-20-19(22-13-14(2)17-9-6-12-25-17)21-11-10-15-7-5-8-16(24-3)18(15)23;/h5-9,12,14,23H,4,10-11,13H2,1-3H3,(H2,20,21,22);1H. The number of phenolic OH excluding ortho intramolecular Hbond substituents is 1. The van der Waals surface area contributed by atoms with E-state index in [1.807, 2.05) is 19.1 Å². The lowest BCUT2D eigenvalue weighted by Gasteiger charge is -2.14. The third-order valence-electron chi connectivity index (χ3n) is 3.89. The first kappa shape index (κ1) is 22.6. The molecule has 144 valence electrons. The lowest BCUT2D eigenvalue weighted by atomic mass is 10.1. The molecule has 26 heavy (non-hydrogen) atoms. The second-order valence-electron chi connectivity index (χ2n) is 5.78. The van der Waals surface area contributed by atoms with E-state index in [9.17, 15) is 5.11 Å². The van der Waals surface area contributed by atoms with E-state index in [0.29, 0.717) is 24.6 Å². The smallest absolute Gasteiger partial charge is 0.191 e. The Labute approximate surface area is 176 Å². The molecule has 0 radical (unpaired) electrons. The molecule has 0 saturated heterocycles. The molecule has 0 fully saturated rings. The summed E-state index contributed by atoms with van der Waals surface area (Å²) in [6.07, 6.45) is 0.688. The van der Waals surface area contributed by atoms with Gasteiger partial charge in [-0.2, -0.15) is 0 Å². The van der Waals surface area contributed by atoms with Gasteiger partial charge in [-0.15, -0.1) is 35.3 Å². The van der Waals surface area contributed by atoms with Gasteiger partial charge in [-0.25, -0.2) is 0 Å². The van der Waals surface area contributed by atoms with Crippen molar-refractivity contribution in [2.45, 2.75) is 26.2 Å². The van der Waals surface area contributed by atoms with E-state index < -0.39 is 0 Å². The second kappa shape index (κ2) is 12.0. The number of thiophene rings is 1. The number of rotatable bonds is 8. The number of guanidine groups is 1. The maximum Gasteiger partial charge on any atom is 0.191 e. The Morgan fingerprint density at radius 2 is 2.08 bits per heavy atom. The van der Waals surface area contributed by atoms with Gasteiger partial charge in [-0.3, -0.25) is 4.99 Å². The van der Waals surface area contributed by atoms with Gasteiger partial charge in [0.25, 0.3) is 0 Å². The van der Waals surface area contributed by atoms with Crippen molar-refractivity contribution in [3.8, 4) is 11.5 Å². The predicted molar refractivity (Wildman–Crippen MR) is 120 cm³/mol. The van der Waals surface area contributed by atoms with Crippen LogP contribution in [0.4, 0.5) is 0 Å². The van der Waals surface area contributed by atoms with Crippen LogP contribution in [-0.4, -0.2) is 37.8 Å². The van der Waals surface area contributed by atoms with E-state index in [1.54, 1.807) is 24.5 Å². The van der Waals surface area contributed by atoms with Crippen LogP contribution in [0.1, 0.15) is 30.2 Å². The number of phenols is 1. The van der Waals surface area contributed by atoms with Gasteiger partial charge in [0.1, 0.15) is 0 Å². The normalized spacial score (nSPS) is 12.2. The Morgan fingerprint density at radius 3 is 2.73 bits per heavy atom. The molecule has 7 heteroatoms. The van der Waals surface area contributed by atoms with Crippen molar-refractivity contribution in [3.05, 3.63) is 46.2 Å². The molecule has 2 aromatic rings. The van der Waals surface area contributed by atoms with Crippen LogP contribution in [0.5, 0.6) is 11.5 Å². The highest BCUT2D eigenvalue weighted by atomic mass is 127. The number of aromatic hydroxyl groups is 1. The summed E-state index contributed by atoms with van der Waals surface area (Å²) in [7, 11) is 1.56. The van der Waals surface area contributed by atoms with Crippen LogP contribution in [0.25, 0.3) is 0 Å². The first-order chi connectivity index (χ1) is 12.2. The number of benzene rings is 1. The fourth-order valence-electron chi connectivity index (χ4n) is 2.48. The summed E-state index contributed by atoms with van der Waals surface area (Å²) >= 11 is 1.77.